The van der Waals surface area contributed by atoms with Gasteiger partial charge in [-0.15, -0.1) is 10.2 Å². The summed E-state index contributed by atoms with van der Waals surface area (Å²) in [5.74, 6) is 0.406. The number of aryl methyl sites for hydroxylation is 1. The minimum absolute atomic E-state index is 0.0913. The summed E-state index contributed by atoms with van der Waals surface area (Å²) in [7, 11) is 0. The van der Waals surface area contributed by atoms with Gasteiger partial charge < -0.3 is 5.32 Å². The number of pyridine rings is 1. The van der Waals surface area contributed by atoms with Crippen molar-refractivity contribution in [3.8, 4) is 11.4 Å². The molecule has 0 aliphatic heterocycles. The first-order valence-electron chi connectivity index (χ1n) is 6.84. The van der Waals surface area contributed by atoms with Gasteiger partial charge >= 0.3 is 0 Å². The van der Waals surface area contributed by atoms with Crippen LogP contribution in [0.5, 0.6) is 0 Å². The van der Waals surface area contributed by atoms with Crippen LogP contribution in [0.4, 0.5) is 5.69 Å². The largest absolute Gasteiger partial charge is 0.326 e. The Morgan fingerprint density at radius 2 is 2.00 bits per heavy atom. The summed E-state index contributed by atoms with van der Waals surface area (Å²) in [6.45, 7) is 0.367. The molecule has 1 aromatic carbocycles. The molecule has 0 bridgehead atoms. The van der Waals surface area contributed by atoms with Crippen molar-refractivity contribution in [3.63, 3.8) is 0 Å². The highest BCUT2D eigenvalue weighted by Gasteiger charge is 2.08. The molecule has 1 N–H and O–H groups in total. The molecule has 7 heteroatoms. The van der Waals surface area contributed by atoms with E-state index in [1.165, 1.54) is 4.80 Å². The highest BCUT2D eigenvalue weighted by molar-refractivity contribution is 5.90. The van der Waals surface area contributed by atoms with Crippen molar-refractivity contribution in [2.24, 2.45) is 0 Å². The number of carbonyl (C=O) groups excluding carboxylic acids is 1. The fourth-order valence-electron chi connectivity index (χ4n) is 1.90. The van der Waals surface area contributed by atoms with Gasteiger partial charge in [-0.25, -0.2) is 0 Å². The second kappa shape index (κ2) is 6.57. The minimum Gasteiger partial charge on any atom is -0.326 e. The third-order valence-electron chi connectivity index (χ3n) is 2.97. The number of hydrogen-bond donors (Lipinski definition) is 1. The standard InChI is InChI=1S/C15H14N6O/c22-14(17-13-6-2-1-3-7-13)8-10-21-19-15(18-20-21)12-5-4-9-16-11-12/h1-7,9,11H,8,10H2,(H,17,22). The molecule has 0 saturated carbocycles. The smallest absolute Gasteiger partial charge is 0.226 e. The monoisotopic (exact) mass is 294 g/mol. The van der Waals surface area contributed by atoms with Crippen molar-refractivity contribution >= 4 is 11.6 Å². The average Bonchev–Trinajstić information content (AvgIpc) is 3.04. The van der Waals surface area contributed by atoms with Crippen LogP contribution in [0.3, 0.4) is 0 Å². The maximum Gasteiger partial charge on any atom is 0.226 e. The molecule has 3 rings (SSSR count). The molecule has 110 valence electrons. The first kappa shape index (κ1) is 13.9. The van der Waals surface area contributed by atoms with Crippen LogP contribution in [0.1, 0.15) is 6.42 Å². The maximum absolute atomic E-state index is 11.9. The lowest BCUT2D eigenvalue weighted by Gasteiger charge is -2.03. The highest BCUT2D eigenvalue weighted by Crippen LogP contribution is 2.10. The summed E-state index contributed by atoms with van der Waals surface area (Å²) < 4.78 is 0. The van der Waals surface area contributed by atoms with Gasteiger partial charge in [0.2, 0.25) is 11.7 Å². The van der Waals surface area contributed by atoms with Crippen LogP contribution in [0.15, 0.2) is 54.9 Å². The number of benzene rings is 1. The molecule has 0 radical (unpaired) electrons. The van der Waals surface area contributed by atoms with Crippen LogP contribution in [0.25, 0.3) is 11.4 Å². The van der Waals surface area contributed by atoms with Crippen LogP contribution in [-0.4, -0.2) is 31.1 Å². The quantitative estimate of drug-likeness (QED) is 0.775. The number of carbonyl (C=O) groups is 1. The molecule has 0 spiro atoms. The molecule has 0 fully saturated rings. The van der Waals surface area contributed by atoms with Crippen LogP contribution < -0.4 is 5.32 Å². The zero-order valence-corrected chi connectivity index (χ0v) is 11.8. The van der Waals surface area contributed by atoms with E-state index in [0.717, 1.165) is 11.3 Å². The van der Waals surface area contributed by atoms with Crippen LogP contribution in [0, 0.1) is 0 Å². The van der Waals surface area contributed by atoms with Crippen molar-refractivity contribution in [1.82, 2.24) is 25.2 Å². The first-order valence-corrected chi connectivity index (χ1v) is 6.84. The van der Waals surface area contributed by atoms with Gasteiger partial charge in [-0.05, 0) is 29.5 Å². The topological polar surface area (TPSA) is 85.6 Å². The van der Waals surface area contributed by atoms with E-state index in [-0.39, 0.29) is 12.3 Å². The van der Waals surface area contributed by atoms with E-state index >= 15 is 0 Å². The summed E-state index contributed by atoms with van der Waals surface area (Å²) in [6, 6.07) is 13.0. The molecule has 0 atom stereocenters. The molecular weight excluding hydrogens is 280 g/mol. The molecule has 1 amide bonds. The lowest BCUT2D eigenvalue weighted by molar-refractivity contribution is -0.116. The maximum atomic E-state index is 11.9. The van der Waals surface area contributed by atoms with E-state index in [1.807, 2.05) is 42.5 Å². The van der Waals surface area contributed by atoms with Crippen molar-refractivity contribution in [3.05, 3.63) is 54.9 Å². The molecular formula is C15H14N6O. The molecule has 0 unspecified atom stereocenters. The molecule has 22 heavy (non-hydrogen) atoms. The van der Waals surface area contributed by atoms with Crippen LogP contribution in [0.2, 0.25) is 0 Å². The zero-order valence-electron chi connectivity index (χ0n) is 11.8. The number of hydrogen-bond acceptors (Lipinski definition) is 5. The predicted molar refractivity (Wildman–Crippen MR) is 80.7 cm³/mol. The van der Waals surface area contributed by atoms with Gasteiger partial charge in [-0.2, -0.15) is 4.80 Å². The van der Waals surface area contributed by atoms with Gasteiger partial charge in [-0.1, -0.05) is 18.2 Å². The third kappa shape index (κ3) is 3.51. The fourth-order valence-corrected chi connectivity index (χ4v) is 1.90. The number of aromatic nitrogens is 5. The molecule has 7 nitrogen and oxygen atoms in total. The minimum atomic E-state index is -0.0913. The van der Waals surface area contributed by atoms with Crippen molar-refractivity contribution in [2.75, 3.05) is 5.32 Å². The van der Waals surface area contributed by atoms with E-state index in [1.54, 1.807) is 12.4 Å². The van der Waals surface area contributed by atoms with E-state index < -0.39 is 0 Å². The second-order valence-corrected chi connectivity index (χ2v) is 4.61. The predicted octanol–water partition coefficient (Wildman–Crippen LogP) is 1.76. The molecule has 3 aromatic rings. The number of amides is 1. The van der Waals surface area contributed by atoms with Crippen molar-refractivity contribution in [1.29, 1.82) is 0 Å². The van der Waals surface area contributed by atoms with Crippen LogP contribution >= 0.6 is 0 Å². The van der Waals surface area contributed by atoms with Gasteiger partial charge in [0.15, 0.2) is 0 Å². The molecule has 0 saturated heterocycles. The molecule has 0 aliphatic rings. The van der Waals surface area contributed by atoms with E-state index in [4.69, 9.17) is 0 Å². The summed E-state index contributed by atoms with van der Waals surface area (Å²) >= 11 is 0. The lowest BCUT2D eigenvalue weighted by atomic mass is 10.3. The molecule has 2 aromatic heterocycles. The van der Waals surface area contributed by atoms with Gasteiger partial charge in [-0.3, -0.25) is 9.78 Å². The van der Waals surface area contributed by atoms with E-state index in [0.29, 0.717) is 12.4 Å². The Bertz CT molecular complexity index is 741. The zero-order chi connectivity index (χ0) is 15.2. The number of rotatable bonds is 5. The first-order chi connectivity index (χ1) is 10.8. The van der Waals surface area contributed by atoms with Crippen LogP contribution in [-0.2, 0) is 11.3 Å². The third-order valence-corrected chi connectivity index (χ3v) is 2.97. The number of para-hydroxylation sites is 1. The number of anilines is 1. The Kier molecular flexibility index (Phi) is 4.15. The second-order valence-electron chi connectivity index (χ2n) is 4.61. The SMILES string of the molecule is O=C(CCn1nnc(-c2cccnc2)n1)Nc1ccccc1. The number of nitrogens with zero attached hydrogens (tertiary/aromatic N) is 5. The Labute approximate surface area is 127 Å². The van der Waals surface area contributed by atoms with Gasteiger partial charge in [0.05, 0.1) is 6.54 Å². The number of tetrazole rings is 1. The Morgan fingerprint density at radius 1 is 1.14 bits per heavy atom. The normalized spacial score (nSPS) is 10.4. The van der Waals surface area contributed by atoms with E-state index in [9.17, 15) is 4.79 Å². The number of nitrogens with one attached hydrogen (secondary N) is 1. The summed E-state index contributed by atoms with van der Waals surface area (Å²) in [5.41, 5.74) is 1.57. The molecule has 2 heterocycles. The van der Waals surface area contributed by atoms with Gasteiger partial charge in [0.1, 0.15) is 0 Å². The Hall–Kier alpha value is -3.09. The highest BCUT2D eigenvalue weighted by atomic mass is 16.1. The van der Waals surface area contributed by atoms with Crippen molar-refractivity contribution in [2.45, 2.75) is 13.0 Å². The Balaban J connectivity index is 1.56. The average molecular weight is 294 g/mol. The lowest BCUT2D eigenvalue weighted by Crippen LogP contribution is -2.15. The summed E-state index contributed by atoms with van der Waals surface area (Å²) in [5, 5.41) is 14.9. The van der Waals surface area contributed by atoms with E-state index in [2.05, 4.69) is 25.7 Å². The van der Waals surface area contributed by atoms with Gasteiger partial charge in [0.25, 0.3) is 0 Å². The van der Waals surface area contributed by atoms with Gasteiger partial charge in [0, 0.05) is 30.1 Å². The summed E-state index contributed by atoms with van der Waals surface area (Å²) in [6.07, 6.45) is 3.63. The Morgan fingerprint density at radius 3 is 2.77 bits per heavy atom. The fraction of sp³-hybridized carbons (Fsp3) is 0.133. The summed E-state index contributed by atoms with van der Waals surface area (Å²) in [4.78, 5) is 17.3. The molecule has 0 aliphatic carbocycles. The van der Waals surface area contributed by atoms with Crippen molar-refractivity contribution < 1.29 is 4.79 Å².